The SMILES string of the molecule is O=C(NCCNc1nc(Cl)nc(-n2ccnc2)n1)C1CC1. The van der Waals surface area contributed by atoms with Gasteiger partial charge in [0.1, 0.15) is 6.33 Å². The normalized spacial score (nSPS) is 14.0. The van der Waals surface area contributed by atoms with Gasteiger partial charge in [0, 0.05) is 31.4 Å². The van der Waals surface area contributed by atoms with Crippen LogP contribution in [0, 0.1) is 5.92 Å². The lowest BCUT2D eigenvalue weighted by Crippen LogP contribution is -2.30. The second-order valence-corrected chi connectivity index (χ2v) is 5.03. The summed E-state index contributed by atoms with van der Waals surface area (Å²) in [5.74, 6) is 1.07. The molecule has 2 heterocycles. The Labute approximate surface area is 126 Å². The first kappa shape index (κ1) is 13.7. The number of nitrogens with zero attached hydrogens (tertiary/aromatic N) is 5. The fraction of sp³-hybridized carbons (Fsp3) is 0.417. The quantitative estimate of drug-likeness (QED) is 0.760. The predicted molar refractivity (Wildman–Crippen MR) is 76.2 cm³/mol. The molecule has 0 radical (unpaired) electrons. The number of aromatic nitrogens is 5. The van der Waals surface area contributed by atoms with Gasteiger partial charge >= 0.3 is 0 Å². The van der Waals surface area contributed by atoms with E-state index in [0.29, 0.717) is 25.0 Å². The number of amides is 1. The Morgan fingerprint density at radius 2 is 2.19 bits per heavy atom. The molecule has 0 unspecified atom stereocenters. The van der Waals surface area contributed by atoms with Gasteiger partial charge < -0.3 is 10.6 Å². The largest absolute Gasteiger partial charge is 0.354 e. The van der Waals surface area contributed by atoms with Crippen LogP contribution in [0.3, 0.4) is 0 Å². The first-order valence-electron chi connectivity index (χ1n) is 6.64. The van der Waals surface area contributed by atoms with Crippen molar-refractivity contribution in [2.75, 3.05) is 18.4 Å². The Hall–Kier alpha value is -2.22. The number of carbonyl (C=O) groups is 1. The molecule has 3 rings (SSSR count). The number of halogens is 1. The van der Waals surface area contributed by atoms with Crippen LogP contribution >= 0.6 is 11.6 Å². The first-order valence-corrected chi connectivity index (χ1v) is 7.01. The zero-order valence-corrected chi connectivity index (χ0v) is 11.9. The van der Waals surface area contributed by atoms with Crippen molar-refractivity contribution in [3.05, 3.63) is 24.0 Å². The molecule has 9 heteroatoms. The smallest absolute Gasteiger partial charge is 0.241 e. The van der Waals surface area contributed by atoms with Gasteiger partial charge in [-0.15, -0.1) is 0 Å². The zero-order chi connectivity index (χ0) is 14.7. The monoisotopic (exact) mass is 307 g/mol. The average Bonchev–Trinajstić information content (AvgIpc) is 3.17. The molecule has 0 bridgehead atoms. The molecule has 8 nitrogen and oxygen atoms in total. The Morgan fingerprint density at radius 1 is 1.33 bits per heavy atom. The van der Waals surface area contributed by atoms with E-state index in [4.69, 9.17) is 11.6 Å². The van der Waals surface area contributed by atoms with Crippen LogP contribution in [0.2, 0.25) is 5.28 Å². The van der Waals surface area contributed by atoms with E-state index in [1.54, 1.807) is 23.3 Å². The molecule has 0 aliphatic heterocycles. The zero-order valence-electron chi connectivity index (χ0n) is 11.2. The van der Waals surface area contributed by atoms with Gasteiger partial charge in [0.25, 0.3) is 0 Å². The fourth-order valence-corrected chi connectivity index (χ4v) is 1.92. The van der Waals surface area contributed by atoms with Crippen molar-refractivity contribution >= 4 is 23.5 Å². The Kier molecular flexibility index (Phi) is 3.96. The average molecular weight is 308 g/mol. The van der Waals surface area contributed by atoms with Crippen LogP contribution in [-0.2, 0) is 4.79 Å². The Bertz CT molecular complexity index is 627. The van der Waals surface area contributed by atoms with Gasteiger partial charge in [0.15, 0.2) is 0 Å². The van der Waals surface area contributed by atoms with Crippen molar-refractivity contribution in [3.8, 4) is 5.95 Å². The minimum atomic E-state index is 0.0956. The van der Waals surface area contributed by atoms with E-state index in [1.165, 1.54) is 0 Å². The van der Waals surface area contributed by atoms with Gasteiger partial charge in [-0.3, -0.25) is 9.36 Å². The maximum atomic E-state index is 11.5. The topological polar surface area (TPSA) is 97.6 Å². The van der Waals surface area contributed by atoms with Crippen molar-refractivity contribution in [1.29, 1.82) is 0 Å². The van der Waals surface area contributed by atoms with E-state index in [2.05, 4.69) is 30.6 Å². The lowest BCUT2D eigenvalue weighted by atomic mass is 10.4. The summed E-state index contributed by atoms with van der Waals surface area (Å²) in [5.41, 5.74) is 0. The Balaban J connectivity index is 1.56. The van der Waals surface area contributed by atoms with Gasteiger partial charge in [0.05, 0.1) is 0 Å². The highest BCUT2D eigenvalue weighted by Gasteiger charge is 2.28. The molecule has 1 fully saturated rings. The molecule has 21 heavy (non-hydrogen) atoms. The van der Waals surface area contributed by atoms with Crippen LogP contribution in [0.25, 0.3) is 5.95 Å². The summed E-state index contributed by atoms with van der Waals surface area (Å²) in [6.45, 7) is 1.03. The van der Waals surface area contributed by atoms with E-state index in [-0.39, 0.29) is 17.1 Å². The molecule has 2 aromatic rings. The number of hydrogen-bond acceptors (Lipinski definition) is 6. The highest BCUT2D eigenvalue weighted by Crippen LogP contribution is 2.28. The standard InChI is InChI=1S/C12H14ClN7O/c13-10-17-11(16-4-3-15-9(21)8-1-2-8)19-12(18-10)20-6-5-14-7-20/h5-8H,1-4H2,(H,15,21)(H,16,17,18,19). The molecule has 0 aromatic carbocycles. The second-order valence-electron chi connectivity index (χ2n) is 4.69. The van der Waals surface area contributed by atoms with Gasteiger partial charge in [0.2, 0.25) is 23.1 Å². The van der Waals surface area contributed by atoms with E-state index in [9.17, 15) is 4.79 Å². The predicted octanol–water partition coefficient (Wildman–Crippen LogP) is 0.649. The van der Waals surface area contributed by atoms with Crippen LogP contribution in [0.1, 0.15) is 12.8 Å². The minimum absolute atomic E-state index is 0.0956. The van der Waals surface area contributed by atoms with Crippen molar-refractivity contribution in [2.45, 2.75) is 12.8 Å². The third-order valence-corrected chi connectivity index (χ3v) is 3.16. The summed E-state index contributed by atoms with van der Waals surface area (Å²) in [6, 6.07) is 0. The summed E-state index contributed by atoms with van der Waals surface area (Å²) in [5, 5.41) is 5.95. The highest BCUT2D eigenvalue weighted by atomic mass is 35.5. The number of imidazole rings is 1. The van der Waals surface area contributed by atoms with Gasteiger partial charge in [-0.2, -0.15) is 15.0 Å². The van der Waals surface area contributed by atoms with Gasteiger partial charge in [-0.05, 0) is 24.4 Å². The van der Waals surface area contributed by atoms with Crippen LogP contribution in [0.15, 0.2) is 18.7 Å². The molecule has 110 valence electrons. The summed E-state index contributed by atoms with van der Waals surface area (Å²) < 4.78 is 1.63. The minimum Gasteiger partial charge on any atom is -0.354 e. The van der Waals surface area contributed by atoms with Crippen molar-refractivity contribution in [3.63, 3.8) is 0 Å². The van der Waals surface area contributed by atoms with Crippen LogP contribution in [-0.4, -0.2) is 43.5 Å². The molecule has 1 aliphatic carbocycles. The Morgan fingerprint density at radius 3 is 2.90 bits per heavy atom. The van der Waals surface area contributed by atoms with Gasteiger partial charge in [-0.25, -0.2) is 4.98 Å². The third-order valence-electron chi connectivity index (χ3n) is 2.99. The maximum Gasteiger partial charge on any atom is 0.241 e. The fourth-order valence-electron chi connectivity index (χ4n) is 1.76. The molecule has 1 amide bonds. The number of rotatable bonds is 6. The molecule has 1 aliphatic rings. The molecule has 0 spiro atoms. The lowest BCUT2D eigenvalue weighted by Gasteiger charge is -2.08. The second kappa shape index (κ2) is 6.04. The van der Waals surface area contributed by atoms with Crippen molar-refractivity contribution in [1.82, 2.24) is 29.8 Å². The number of anilines is 1. The molecular weight excluding hydrogens is 294 g/mol. The van der Waals surface area contributed by atoms with Crippen LogP contribution in [0.4, 0.5) is 5.95 Å². The van der Waals surface area contributed by atoms with Crippen LogP contribution in [0.5, 0.6) is 0 Å². The third kappa shape index (κ3) is 3.66. The summed E-state index contributed by atoms with van der Waals surface area (Å²) in [7, 11) is 0. The van der Waals surface area contributed by atoms with Crippen LogP contribution < -0.4 is 10.6 Å². The highest BCUT2D eigenvalue weighted by molar-refractivity contribution is 6.28. The number of carbonyl (C=O) groups excluding carboxylic acids is 1. The van der Waals surface area contributed by atoms with E-state index >= 15 is 0 Å². The van der Waals surface area contributed by atoms with E-state index in [0.717, 1.165) is 12.8 Å². The van der Waals surface area contributed by atoms with Crippen molar-refractivity contribution < 1.29 is 4.79 Å². The summed E-state index contributed by atoms with van der Waals surface area (Å²) in [6.07, 6.45) is 6.90. The molecule has 2 aromatic heterocycles. The summed E-state index contributed by atoms with van der Waals surface area (Å²) >= 11 is 5.87. The first-order chi connectivity index (χ1) is 10.2. The molecule has 0 atom stereocenters. The molecule has 0 saturated heterocycles. The van der Waals surface area contributed by atoms with E-state index < -0.39 is 0 Å². The summed E-state index contributed by atoms with van der Waals surface area (Å²) in [4.78, 5) is 27.6. The molecule has 1 saturated carbocycles. The molecular formula is C12H14ClN7O. The van der Waals surface area contributed by atoms with Crippen molar-refractivity contribution in [2.24, 2.45) is 5.92 Å². The number of nitrogens with one attached hydrogen (secondary N) is 2. The van der Waals surface area contributed by atoms with E-state index in [1.807, 2.05) is 0 Å². The molecule has 2 N–H and O–H groups in total. The lowest BCUT2D eigenvalue weighted by molar-refractivity contribution is -0.122. The maximum absolute atomic E-state index is 11.5. The number of hydrogen-bond donors (Lipinski definition) is 2. The van der Waals surface area contributed by atoms with Gasteiger partial charge in [-0.1, -0.05) is 0 Å².